The molecule has 1 aromatic carbocycles. The Kier molecular flexibility index (Phi) is 1.16. The molecule has 3 aromatic rings. The van der Waals surface area contributed by atoms with Crippen LogP contribution in [0.4, 0.5) is 0 Å². The van der Waals surface area contributed by atoms with Crippen LogP contribution in [0.3, 0.4) is 0 Å². The molecule has 13 heavy (non-hydrogen) atoms. The largest absolute Gasteiger partial charge is 0.367 e. The van der Waals surface area contributed by atoms with Gasteiger partial charge in [-0.25, -0.2) is 0 Å². The van der Waals surface area contributed by atoms with E-state index in [9.17, 15) is 0 Å². The van der Waals surface area contributed by atoms with Crippen LogP contribution in [0.5, 0.6) is 0 Å². The fourth-order valence-corrected chi connectivity index (χ4v) is 1.59. The summed E-state index contributed by atoms with van der Waals surface area (Å²) in [6.07, 6.45) is 5.69. The molecule has 2 heterocycles. The number of nitrogens with zero attached hydrogens (tertiary/aromatic N) is 2. The van der Waals surface area contributed by atoms with E-state index in [-0.39, 0.29) is 0 Å². The van der Waals surface area contributed by atoms with Gasteiger partial charge in [0.25, 0.3) is 0 Å². The Bertz CT molecular complexity index is 568. The number of nitrogens with one attached hydrogen (secondary N) is 1. The quantitative estimate of drug-likeness (QED) is 0.560. The highest BCUT2D eigenvalue weighted by Crippen LogP contribution is 2.22. The zero-order valence-electron chi connectivity index (χ0n) is 6.86. The molecule has 0 aliphatic heterocycles. The van der Waals surface area contributed by atoms with E-state index in [2.05, 4.69) is 15.2 Å². The van der Waals surface area contributed by atoms with Gasteiger partial charge in [-0.3, -0.25) is 0 Å². The first-order valence-corrected chi connectivity index (χ1v) is 4.12. The second-order valence-corrected chi connectivity index (χ2v) is 2.99. The van der Waals surface area contributed by atoms with Crippen LogP contribution in [0.2, 0.25) is 0 Å². The van der Waals surface area contributed by atoms with Crippen molar-refractivity contribution in [3.63, 3.8) is 0 Å². The standard InChI is InChI=1S/C10H7N3/c1-2-10-9(6-12-13-10)8-3-4-11-5-7(1)8/h1-6,11H. The Balaban J connectivity index is 2.65. The predicted molar refractivity (Wildman–Crippen MR) is 51.4 cm³/mol. The summed E-state index contributed by atoms with van der Waals surface area (Å²) in [4.78, 5) is 3.05. The van der Waals surface area contributed by atoms with Crippen LogP contribution in [-0.4, -0.2) is 15.2 Å². The Hall–Kier alpha value is -1.90. The lowest BCUT2D eigenvalue weighted by atomic mass is 10.1. The van der Waals surface area contributed by atoms with Crippen molar-refractivity contribution in [3.8, 4) is 0 Å². The summed E-state index contributed by atoms with van der Waals surface area (Å²) in [6.45, 7) is 0. The van der Waals surface area contributed by atoms with E-state index in [0.717, 1.165) is 10.9 Å². The number of pyridine rings is 1. The Morgan fingerprint density at radius 3 is 3.08 bits per heavy atom. The van der Waals surface area contributed by atoms with E-state index in [1.807, 2.05) is 30.6 Å². The van der Waals surface area contributed by atoms with Crippen LogP contribution in [0.1, 0.15) is 0 Å². The number of H-pyrrole nitrogens is 1. The molecule has 3 rings (SSSR count). The Morgan fingerprint density at radius 2 is 2.08 bits per heavy atom. The van der Waals surface area contributed by atoms with E-state index in [0.29, 0.717) is 0 Å². The molecule has 0 fully saturated rings. The number of aromatic nitrogens is 3. The van der Waals surface area contributed by atoms with Gasteiger partial charge in [-0.2, -0.15) is 10.2 Å². The van der Waals surface area contributed by atoms with Crippen LogP contribution >= 0.6 is 0 Å². The summed E-state index contributed by atoms with van der Waals surface area (Å²) in [5.41, 5.74) is 0.957. The minimum atomic E-state index is 0.957. The molecule has 0 saturated heterocycles. The van der Waals surface area contributed by atoms with Crippen molar-refractivity contribution in [3.05, 3.63) is 36.8 Å². The van der Waals surface area contributed by atoms with Gasteiger partial charge in [0.15, 0.2) is 0 Å². The topological polar surface area (TPSA) is 41.6 Å². The van der Waals surface area contributed by atoms with Crippen LogP contribution in [0.25, 0.3) is 21.7 Å². The first-order chi connectivity index (χ1) is 6.45. The second kappa shape index (κ2) is 2.29. The van der Waals surface area contributed by atoms with Gasteiger partial charge < -0.3 is 4.98 Å². The van der Waals surface area contributed by atoms with Gasteiger partial charge in [0, 0.05) is 17.8 Å². The highest BCUT2D eigenvalue weighted by molar-refractivity contribution is 6.05. The highest BCUT2D eigenvalue weighted by Gasteiger charge is 2.00. The van der Waals surface area contributed by atoms with Crippen LogP contribution < -0.4 is 0 Å². The zero-order chi connectivity index (χ0) is 8.67. The molecule has 62 valence electrons. The monoisotopic (exact) mass is 169 g/mol. The minimum Gasteiger partial charge on any atom is -0.367 e. The summed E-state index contributed by atoms with van der Waals surface area (Å²) in [7, 11) is 0. The van der Waals surface area contributed by atoms with Gasteiger partial charge in [0.1, 0.15) is 0 Å². The molecular formula is C10H7N3. The van der Waals surface area contributed by atoms with Crippen molar-refractivity contribution >= 4 is 21.7 Å². The average Bonchev–Trinajstić information content (AvgIpc) is 2.65. The lowest BCUT2D eigenvalue weighted by Crippen LogP contribution is -1.75. The molecule has 0 spiro atoms. The highest BCUT2D eigenvalue weighted by atomic mass is 15.1. The molecule has 0 bridgehead atoms. The lowest BCUT2D eigenvalue weighted by Gasteiger charge is -1.96. The van der Waals surface area contributed by atoms with Crippen molar-refractivity contribution < 1.29 is 0 Å². The summed E-state index contributed by atoms with van der Waals surface area (Å²) in [5, 5.41) is 11.4. The SMILES string of the molecule is c1cc2c(ccc3nncc32)c[nH]1. The summed E-state index contributed by atoms with van der Waals surface area (Å²) < 4.78 is 0. The average molecular weight is 169 g/mol. The molecule has 0 saturated carbocycles. The van der Waals surface area contributed by atoms with Crippen LogP contribution in [-0.2, 0) is 0 Å². The van der Waals surface area contributed by atoms with E-state index >= 15 is 0 Å². The van der Waals surface area contributed by atoms with Gasteiger partial charge in [-0.05, 0) is 22.9 Å². The zero-order valence-corrected chi connectivity index (χ0v) is 6.86. The normalized spacial score (nSPS) is 11.1. The maximum absolute atomic E-state index is 4.01. The lowest BCUT2D eigenvalue weighted by molar-refractivity contribution is 1.12. The number of rotatable bonds is 0. The van der Waals surface area contributed by atoms with E-state index in [1.165, 1.54) is 10.8 Å². The van der Waals surface area contributed by atoms with E-state index in [4.69, 9.17) is 0 Å². The minimum absolute atomic E-state index is 0.957. The molecule has 0 amide bonds. The van der Waals surface area contributed by atoms with Gasteiger partial charge in [0.2, 0.25) is 0 Å². The fourth-order valence-electron chi connectivity index (χ4n) is 1.59. The summed E-state index contributed by atoms with van der Waals surface area (Å²) in [6, 6.07) is 6.07. The number of benzene rings is 1. The third kappa shape index (κ3) is 0.839. The van der Waals surface area contributed by atoms with Gasteiger partial charge in [-0.1, -0.05) is 6.07 Å². The van der Waals surface area contributed by atoms with Crippen molar-refractivity contribution in [2.75, 3.05) is 0 Å². The molecule has 0 unspecified atom stereocenters. The molecular weight excluding hydrogens is 162 g/mol. The Morgan fingerprint density at radius 1 is 1.08 bits per heavy atom. The van der Waals surface area contributed by atoms with Gasteiger partial charge in [-0.15, -0.1) is 0 Å². The van der Waals surface area contributed by atoms with Crippen molar-refractivity contribution in [2.45, 2.75) is 0 Å². The third-order valence-corrected chi connectivity index (χ3v) is 2.24. The van der Waals surface area contributed by atoms with Crippen LogP contribution in [0.15, 0.2) is 36.8 Å². The van der Waals surface area contributed by atoms with Crippen molar-refractivity contribution in [2.24, 2.45) is 0 Å². The van der Waals surface area contributed by atoms with Gasteiger partial charge >= 0.3 is 0 Å². The smallest absolute Gasteiger partial charge is 0.0951 e. The number of hydrogen-bond donors (Lipinski definition) is 1. The molecule has 1 N–H and O–H groups in total. The number of hydrogen-bond acceptors (Lipinski definition) is 2. The molecule has 0 aliphatic rings. The molecule has 0 atom stereocenters. The molecule has 3 heteroatoms. The summed E-state index contributed by atoms with van der Waals surface area (Å²) in [5.74, 6) is 0. The number of aromatic amines is 1. The van der Waals surface area contributed by atoms with Crippen LogP contribution in [0, 0.1) is 0 Å². The fraction of sp³-hybridized carbons (Fsp3) is 0. The first kappa shape index (κ1) is 6.60. The van der Waals surface area contributed by atoms with Crippen molar-refractivity contribution in [1.82, 2.24) is 15.2 Å². The number of fused-ring (bicyclic) bond motifs is 3. The van der Waals surface area contributed by atoms with Crippen molar-refractivity contribution in [1.29, 1.82) is 0 Å². The predicted octanol–water partition coefficient (Wildman–Crippen LogP) is 2.11. The van der Waals surface area contributed by atoms with E-state index < -0.39 is 0 Å². The third-order valence-electron chi connectivity index (χ3n) is 2.24. The summed E-state index contributed by atoms with van der Waals surface area (Å²) >= 11 is 0. The van der Waals surface area contributed by atoms with Gasteiger partial charge in [0.05, 0.1) is 11.7 Å². The molecule has 0 radical (unpaired) electrons. The Labute approximate surface area is 74.4 Å². The van der Waals surface area contributed by atoms with E-state index in [1.54, 1.807) is 6.20 Å². The second-order valence-electron chi connectivity index (χ2n) is 2.99. The maximum Gasteiger partial charge on any atom is 0.0951 e. The maximum atomic E-state index is 4.01. The first-order valence-electron chi connectivity index (χ1n) is 4.12. The molecule has 0 aliphatic carbocycles. The molecule has 2 aromatic heterocycles. The molecule has 3 nitrogen and oxygen atoms in total.